The van der Waals surface area contributed by atoms with Crippen LogP contribution < -0.4 is 4.74 Å². The molecule has 0 saturated carbocycles. The second kappa shape index (κ2) is 9.42. The van der Waals surface area contributed by atoms with Crippen molar-refractivity contribution in [3.8, 4) is 5.75 Å². The van der Waals surface area contributed by atoms with Crippen LogP contribution in [0.2, 0.25) is 0 Å². The lowest BCUT2D eigenvalue weighted by Gasteiger charge is -2.32. The second-order valence-electron chi connectivity index (χ2n) is 6.45. The Morgan fingerprint density at radius 1 is 1.36 bits per heavy atom. The standard InChI is InChI=1S/C19H28N2O4/c1-4-25-19(23)16-8-6-10-21(13-16)18(22)14-20(2)12-15-7-5-9-17(11-15)24-3/h5,7,9,11,16H,4,6,8,10,12-14H2,1-3H3. The van der Waals surface area contributed by atoms with E-state index in [4.69, 9.17) is 9.47 Å². The number of carbonyl (C=O) groups is 2. The quantitative estimate of drug-likeness (QED) is 0.705. The van der Waals surface area contributed by atoms with E-state index in [1.165, 1.54) is 0 Å². The van der Waals surface area contributed by atoms with E-state index >= 15 is 0 Å². The van der Waals surface area contributed by atoms with Crippen LogP contribution in [0.5, 0.6) is 5.75 Å². The summed E-state index contributed by atoms with van der Waals surface area (Å²) < 4.78 is 10.3. The molecule has 1 atom stereocenters. The first-order chi connectivity index (χ1) is 12.0. The summed E-state index contributed by atoms with van der Waals surface area (Å²) in [5.74, 6) is 0.482. The monoisotopic (exact) mass is 348 g/mol. The summed E-state index contributed by atoms with van der Waals surface area (Å²) in [5, 5.41) is 0. The van der Waals surface area contributed by atoms with Gasteiger partial charge in [-0.1, -0.05) is 12.1 Å². The van der Waals surface area contributed by atoms with Crippen molar-refractivity contribution in [1.29, 1.82) is 0 Å². The minimum atomic E-state index is -0.193. The van der Waals surface area contributed by atoms with Crippen molar-refractivity contribution < 1.29 is 19.1 Å². The molecule has 0 aromatic heterocycles. The molecule has 25 heavy (non-hydrogen) atoms. The first kappa shape index (κ1) is 19.2. The summed E-state index contributed by atoms with van der Waals surface area (Å²) in [6, 6.07) is 7.83. The van der Waals surface area contributed by atoms with E-state index in [-0.39, 0.29) is 17.8 Å². The average molecular weight is 348 g/mol. The lowest BCUT2D eigenvalue weighted by atomic mass is 9.98. The molecule has 1 saturated heterocycles. The van der Waals surface area contributed by atoms with Gasteiger partial charge in [-0.15, -0.1) is 0 Å². The maximum atomic E-state index is 12.6. The SMILES string of the molecule is CCOC(=O)C1CCCN(C(=O)CN(C)Cc2cccc(OC)c2)C1. The lowest BCUT2D eigenvalue weighted by molar-refractivity contribution is -0.151. The molecular formula is C19H28N2O4. The van der Waals surface area contributed by atoms with Crippen molar-refractivity contribution in [1.82, 2.24) is 9.80 Å². The van der Waals surface area contributed by atoms with E-state index in [1.54, 1.807) is 18.9 Å². The number of methoxy groups -OCH3 is 1. The van der Waals surface area contributed by atoms with Gasteiger partial charge >= 0.3 is 5.97 Å². The smallest absolute Gasteiger partial charge is 0.310 e. The molecule has 1 fully saturated rings. The molecule has 1 amide bonds. The van der Waals surface area contributed by atoms with Gasteiger partial charge in [0.05, 0.1) is 26.2 Å². The fourth-order valence-electron chi connectivity index (χ4n) is 3.13. The Morgan fingerprint density at radius 3 is 2.88 bits per heavy atom. The number of ether oxygens (including phenoxy) is 2. The summed E-state index contributed by atoms with van der Waals surface area (Å²) in [4.78, 5) is 28.2. The first-order valence-electron chi connectivity index (χ1n) is 8.79. The van der Waals surface area contributed by atoms with Gasteiger partial charge in [0, 0.05) is 19.6 Å². The predicted molar refractivity (Wildman–Crippen MR) is 95.3 cm³/mol. The third-order valence-corrected chi connectivity index (χ3v) is 4.39. The number of nitrogens with zero attached hydrogens (tertiary/aromatic N) is 2. The zero-order valence-electron chi connectivity index (χ0n) is 15.4. The first-order valence-corrected chi connectivity index (χ1v) is 8.79. The number of hydrogen-bond donors (Lipinski definition) is 0. The Kier molecular flexibility index (Phi) is 7.25. The Balaban J connectivity index is 1.86. The van der Waals surface area contributed by atoms with E-state index in [0.717, 1.165) is 24.2 Å². The van der Waals surface area contributed by atoms with Crippen molar-refractivity contribution in [2.45, 2.75) is 26.3 Å². The number of likely N-dealkylation sites (N-methyl/N-ethyl adjacent to an activating group) is 1. The minimum Gasteiger partial charge on any atom is -0.497 e. The molecule has 0 aliphatic carbocycles. The Labute approximate surface area is 149 Å². The van der Waals surface area contributed by atoms with Crippen LogP contribution in [0.3, 0.4) is 0 Å². The topological polar surface area (TPSA) is 59.1 Å². The number of piperidine rings is 1. The summed E-state index contributed by atoms with van der Waals surface area (Å²) in [6.45, 7) is 4.35. The van der Waals surface area contributed by atoms with Gasteiger partial charge in [-0.3, -0.25) is 14.5 Å². The zero-order chi connectivity index (χ0) is 18.2. The molecule has 1 aromatic rings. The predicted octanol–water partition coefficient (Wildman–Crippen LogP) is 1.93. The highest BCUT2D eigenvalue weighted by atomic mass is 16.5. The van der Waals surface area contributed by atoms with Crippen molar-refractivity contribution in [3.63, 3.8) is 0 Å². The van der Waals surface area contributed by atoms with Gasteiger partial charge in [0.2, 0.25) is 5.91 Å². The molecule has 1 unspecified atom stereocenters. The van der Waals surface area contributed by atoms with Crippen molar-refractivity contribution in [2.75, 3.05) is 40.4 Å². The number of hydrogen-bond acceptors (Lipinski definition) is 5. The van der Waals surface area contributed by atoms with Crippen LogP contribution in [0.1, 0.15) is 25.3 Å². The molecule has 1 aliphatic rings. The number of esters is 1. The third kappa shape index (κ3) is 5.74. The fourth-order valence-corrected chi connectivity index (χ4v) is 3.13. The van der Waals surface area contributed by atoms with Crippen LogP contribution >= 0.6 is 0 Å². The van der Waals surface area contributed by atoms with E-state index < -0.39 is 0 Å². The number of rotatable bonds is 7. The van der Waals surface area contributed by atoms with Crippen LogP contribution in [0.15, 0.2) is 24.3 Å². The number of likely N-dealkylation sites (tertiary alicyclic amines) is 1. The van der Waals surface area contributed by atoms with Gasteiger partial charge in [0.25, 0.3) is 0 Å². The summed E-state index contributed by atoms with van der Waals surface area (Å²) in [5.41, 5.74) is 1.10. The molecule has 2 rings (SSSR count). The van der Waals surface area contributed by atoms with E-state index in [9.17, 15) is 9.59 Å². The normalized spacial score (nSPS) is 17.4. The highest BCUT2D eigenvalue weighted by Crippen LogP contribution is 2.19. The van der Waals surface area contributed by atoms with Crippen LogP contribution in [0, 0.1) is 5.92 Å². The molecule has 0 N–H and O–H groups in total. The van der Waals surface area contributed by atoms with Crippen LogP contribution in [0.4, 0.5) is 0 Å². The molecule has 6 nitrogen and oxygen atoms in total. The maximum absolute atomic E-state index is 12.6. The third-order valence-electron chi connectivity index (χ3n) is 4.39. The lowest BCUT2D eigenvalue weighted by Crippen LogP contribution is -2.46. The summed E-state index contributed by atoms with van der Waals surface area (Å²) in [7, 11) is 3.56. The molecular weight excluding hydrogens is 320 g/mol. The molecule has 0 spiro atoms. The molecule has 1 aromatic carbocycles. The molecule has 1 aliphatic heterocycles. The largest absolute Gasteiger partial charge is 0.497 e. The molecule has 6 heteroatoms. The van der Waals surface area contributed by atoms with E-state index in [2.05, 4.69) is 0 Å². The molecule has 138 valence electrons. The zero-order valence-corrected chi connectivity index (χ0v) is 15.4. The molecule has 0 radical (unpaired) electrons. The average Bonchev–Trinajstić information content (AvgIpc) is 2.62. The van der Waals surface area contributed by atoms with Crippen molar-refractivity contribution in [2.24, 2.45) is 5.92 Å². The van der Waals surface area contributed by atoms with Crippen molar-refractivity contribution >= 4 is 11.9 Å². The highest BCUT2D eigenvalue weighted by Gasteiger charge is 2.29. The Bertz CT molecular complexity index is 591. The number of amides is 1. The Hall–Kier alpha value is -2.08. The van der Waals surface area contributed by atoms with Gasteiger partial charge in [0.1, 0.15) is 5.75 Å². The summed E-state index contributed by atoms with van der Waals surface area (Å²) >= 11 is 0. The van der Waals surface area contributed by atoms with Gasteiger partial charge in [-0.2, -0.15) is 0 Å². The fraction of sp³-hybridized carbons (Fsp3) is 0.579. The molecule has 1 heterocycles. The highest BCUT2D eigenvalue weighted by molar-refractivity contribution is 5.80. The van der Waals surface area contributed by atoms with Crippen LogP contribution in [-0.2, 0) is 20.9 Å². The second-order valence-corrected chi connectivity index (χ2v) is 6.45. The van der Waals surface area contributed by atoms with Gasteiger partial charge in [-0.25, -0.2) is 0 Å². The summed E-state index contributed by atoms with van der Waals surface area (Å²) in [6.07, 6.45) is 1.64. The maximum Gasteiger partial charge on any atom is 0.310 e. The van der Waals surface area contributed by atoms with E-state index in [0.29, 0.717) is 32.8 Å². The van der Waals surface area contributed by atoms with Gasteiger partial charge in [0.15, 0.2) is 0 Å². The number of carbonyl (C=O) groups excluding carboxylic acids is 2. The van der Waals surface area contributed by atoms with Crippen LogP contribution in [-0.4, -0.2) is 62.1 Å². The van der Waals surface area contributed by atoms with Gasteiger partial charge < -0.3 is 14.4 Å². The van der Waals surface area contributed by atoms with Crippen molar-refractivity contribution in [3.05, 3.63) is 29.8 Å². The van der Waals surface area contributed by atoms with Gasteiger partial charge in [-0.05, 0) is 44.5 Å². The Morgan fingerprint density at radius 2 is 2.16 bits per heavy atom. The van der Waals surface area contributed by atoms with E-state index in [1.807, 2.05) is 36.2 Å². The van der Waals surface area contributed by atoms with Crippen LogP contribution in [0.25, 0.3) is 0 Å². The minimum absolute atomic E-state index is 0.0550. The molecule has 0 bridgehead atoms. The number of benzene rings is 1.